The van der Waals surface area contributed by atoms with E-state index in [0.29, 0.717) is 11.3 Å². The number of likely N-dealkylation sites (tertiary alicyclic amines) is 1. The summed E-state index contributed by atoms with van der Waals surface area (Å²) >= 11 is 0. The Hall–Kier alpha value is -2.11. The van der Waals surface area contributed by atoms with E-state index in [1.54, 1.807) is 12.3 Å². The van der Waals surface area contributed by atoms with E-state index in [4.69, 9.17) is 4.42 Å². The van der Waals surface area contributed by atoms with Gasteiger partial charge < -0.3 is 13.9 Å². The van der Waals surface area contributed by atoms with Crippen molar-refractivity contribution in [3.8, 4) is 0 Å². The second kappa shape index (κ2) is 5.83. The molecule has 1 amide bonds. The average Bonchev–Trinajstić information content (AvgIpc) is 3.23. The monoisotopic (exact) mass is 314 g/mol. The van der Waals surface area contributed by atoms with Crippen molar-refractivity contribution in [2.75, 3.05) is 6.54 Å². The first-order valence-corrected chi connectivity index (χ1v) is 8.53. The molecule has 4 rings (SSSR count). The Balaban J connectivity index is 1.65. The van der Waals surface area contributed by atoms with Gasteiger partial charge in [0.25, 0.3) is 5.91 Å². The van der Waals surface area contributed by atoms with Crippen LogP contribution >= 0.6 is 0 Å². The fraction of sp³-hybridized carbons (Fsp3) is 0.588. The van der Waals surface area contributed by atoms with E-state index < -0.39 is 0 Å². The van der Waals surface area contributed by atoms with Crippen molar-refractivity contribution >= 4 is 5.91 Å². The highest BCUT2D eigenvalue weighted by molar-refractivity contribution is 5.95. The molecule has 23 heavy (non-hydrogen) atoms. The molecule has 2 aliphatic rings. The number of carbonyl (C=O) groups is 1. The van der Waals surface area contributed by atoms with Crippen LogP contribution in [0.15, 0.2) is 16.7 Å². The zero-order chi connectivity index (χ0) is 15.8. The second-order valence-electron chi connectivity index (χ2n) is 6.48. The Morgan fingerprint density at radius 1 is 1.22 bits per heavy atom. The molecule has 0 bridgehead atoms. The minimum Gasteiger partial charge on any atom is -0.469 e. The van der Waals surface area contributed by atoms with Crippen molar-refractivity contribution in [1.82, 2.24) is 19.7 Å². The highest BCUT2D eigenvalue weighted by Gasteiger charge is 2.35. The molecule has 0 aromatic carbocycles. The number of nitrogens with zero attached hydrogens (tertiary/aromatic N) is 4. The summed E-state index contributed by atoms with van der Waals surface area (Å²) in [6.45, 7) is 3.58. The van der Waals surface area contributed by atoms with E-state index in [1.807, 2.05) is 11.8 Å². The zero-order valence-electron chi connectivity index (χ0n) is 13.5. The molecule has 1 saturated heterocycles. The summed E-state index contributed by atoms with van der Waals surface area (Å²) in [5, 5.41) is 8.85. The average molecular weight is 314 g/mol. The Kier molecular flexibility index (Phi) is 3.67. The van der Waals surface area contributed by atoms with Gasteiger partial charge in [0.15, 0.2) is 5.82 Å². The van der Waals surface area contributed by atoms with Gasteiger partial charge in [0.05, 0.1) is 17.9 Å². The third kappa shape index (κ3) is 2.46. The Morgan fingerprint density at radius 3 is 2.96 bits per heavy atom. The maximum atomic E-state index is 12.9. The van der Waals surface area contributed by atoms with Crippen LogP contribution in [-0.4, -0.2) is 32.1 Å². The van der Waals surface area contributed by atoms with Gasteiger partial charge >= 0.3 is 0 Å². The molecular weight excluding hydrogens is 292 g/mol. The summed E-state index contributed by atoms with van der Waals surface area (Å²) in [5.41, 5.74) is 0.660. The Morgan fingerprint density at radius 2 is 2.13 bits per heavy atom. The molecule has 1 fully saturated rings. The molecule has 0 N–H and O–H groups in total. The van der Waals surface area contributed by atoms with Gasteiger partial charge in [-0.25, -0.2) is 0 Å². The summed E-state index contributed by atoms with van der Waals surface area (Å²) in [6, 6.07) is 1.80. The van der Waals surface area contributed by atoms with Crippen molar-refractivity contribution in [3.63, 3.8) is 0 Å². The first-order valence-electron chi connectivity index (χ1n) is 8.53. The number of amides is 1. The molecule has 6 nitrogen and oxygen atoms in total. The van der Waals surface area contributed by atoms with Crippen molar-refractivity contribution < 1.29 is 9.21 Å². The molecule has 4 heterocycles. The van der Waals surface area contributed by atoms with Crippen LogP contribution in [0.1, 0.15) is 65.9 Å². The lowest BCUT2D eigenvalue weighted by molar-refractivity contribution is 0.0725. The van der Waals surface area contributed by atoms with Crippen LogP contribution in [0, 0.1) is 6.92 Å². The number of furan rings is 1. The van der Waals surface area contributed by atoms with E-state index in [2.05, 4.69) is 14.8 Å². The molecule has 0 radical (unpaired) electrons. The predicted molar refractivity (Wildman–Crippen MR) is 84.0 cm³/mol. The van der Waals surface area contributed by atoms with Crippen molar-refractivity contribution in [2.45, 2.75) is 58.0 Å². The molecule has 2 aromatic heterocycles. The lowest BCUT2D eigenvalue weighted by Gasteiger charge is -2.24. The van der Waals surface area contributed by atoms with E-state index in [0.717, 1.165) is 44.0 Å². The van der Waals surface area contributed by atoms with Crippen LogP contribution in [0.2, 0.25) is 0 Å². The number of aromatic nitrogens is 3. The van der Waals surface area contributed by atoms with Crippen molar-refractivity contribution in [3.05, 3.63) is 35.3 Å². The highest BCUT2D eigenvalue weighted by atomic mass is 16.3. The maximum Gasteiger partial charge on any atom is 0.258 e. The first-order chi connectivity index (χ1) is 11.3. The topological polar surface area (TPSA) is 64.2 Å². The molecule has 0 saturated carbocycles. The molecule has 1 atom stereocenters. The lowest BCUT2D eigenvalue weighted by Crippen LogP contribution is -2.32. The van der Waals surface area contributed by atoms with Gasteiger partial charge in [-0.1, -0.05) is 6.42 Å². The summed E-state index contributed by atoms with van der Waals surface area (Å²) in [6.07, 6.45) is 8.13. The van der Waals surface area contributed by atoms with Crippen LogP contribution < -0.4 is 0 Å². The number of fused-ring (bicyclic) bond motifs is 1. The quantitative estimate of drug-likeness (QED) is 0.855. The fourth-order valence-corrected chi connectivity index (χ4v) is 3.79. The van der Waals surface area contributed by atoms with Crippen LogP contribution in [0.3, 0.4) is 0 Å². The van der Waals surface area contributed by atoms with E-state index in [-0.39, 0.29) is 11.9 Å². The summed E-state index contributed by atoms with van der Waals surface area (Å²) < 4.78 is 7.55. The first kappa shape index (κ1) is 14.5. The molecule has 6 heteroatoms. The molecule has 2 aromatic rings. The summed E-state index contributed by atoms with van der Waals surface area (Å²) in [5.74, 6) is 2.77. The SMILES string of the molecule is Cc1occc1C(=O)N1CCCC1c1nnc2n1CCCCC2. The van der Waals surface area contributed by atoms with Crippen molar-refractivity contribution in [1.29, 1.82) is 0 Å². The number of carbonyl (C=O) groups excluding carboxylic acids is 1. The summed E-state index contributed by atoms with van der Waals surface area (Å²) in [4.78, 5) is 14.8. The molecule has 0 spiro atoms. The lowest BCUT2D eigenvalue weighted by atomic mass is 10.1. The van der Waals surface area contributed by atoms with Gasteiger partial charge in [-0.15, -0.1) is 10.2 Å². The van der Waals surface area contributed by atoms with Gasteiger partial charge in [0, 0.05) is 19.5 Å². The standard InChI is InChI=1S/C17H22N4O2/c1-12-13(8-11-23-12)17(22)20-10-5-6-14(20)16-19-18-15-7-3-2-4-9-21(15)16/h8,11,14H,2-7,9-10H2,1H3. The summed E-state index contributed by atoms with van der Waals surface area (Å²) in [7, 11) is 0. The molecule has 2 aliphatic heterocycles. The van der Waals surface area contributed by atoms with Gasteiger partial charge in [0.2, 0.25) is 0 Å². The predicted octanol–water partition coefficient (Wildman–Crippen LogP) is 2.88. The minimum atomic E-state index is 0.0381. The van der Waals surface area contributed by atoms with E-state index >= 15 is 0 Å². The van der Waals surface area contributed by atoms with Gasteiger partial charge in [-0.05, 0) is 38.7 Å². The third-order valence-electron chi connectivity index (χ3n) is 5.04. The number of hydrogen-bond acceptors (Lipinski definition) is 4. The third-order valence-corrected chi connectivity index (χ3v) is 5.04. The van der Waals surface area contributed by atoms with E-state index in [1.165, 1.54) is 19.3 Å². The fourth-order valence-electron chi connectivity index (χ4n) is 3.79. The van der Waals surface area contributed by atoms with Gasteiger partial charge in [-0.2, -0.15) is 0 Å². The Labute approximate surface area is 135 Å². The molecule has 1 unspecified atom stereocenters. The number of aryl methyl sites for hydroxylation is 2. The maximum absolute atomic E-state index is 12.9. The normalized spacial score (nSPS) is 21.3. The second-order valence-corrected chi connectivity index (χ2v) is 6.48. The van der Waals surface area contributed by atoms with E-state index in [9.17, 15) is 4.79 Å². The largest absolute Gasteiger partial charge is 0.469 e. The zero-order valence-corrected chi connectivity index (χ0v) is 13.5. The van der Waals surface area contributed by atoms with Crippen LogP contribution in [0.25, 0.3) is 0 Å². The Bertz CT molecular complexity index is 718. The van der Waals surface area contributed by atoms with Gasteiger partial charge in [0.1, 0.15) is 11.6 Å². The minimum absolute atomic E-state index is 0.0381. The van der Waals surface area contributed by atoms with Gasteiger partial charge in [-0.3, -0.25) is 4.79 Å². The smallest absolute Gasteiger partial charge is 0.258 e. The molecular formula is C17H22N4O2. The number of hydrogen-bond donors (Lipinski definition) is 0. The van der Waals surface area contributed by atoms with Crippen LogP contribution in [0.4, 0.5) is 0 Å². The highest BCUT2D eigenvalue weighted by Crippen LogP contribution is 2.33. The number of rotatable bonds is 2. The van der Waals surface area contributed by atoms with Crippen LogP contribution in [0.5, 0.6) is 0 Å². The molecule has 0 aliphatic carbocycles. The van der Waals surface area contributed by atoms with Crippen molar-refractivity contribution in [2.24, 2.45) is 0 Å². The molecule has 122 valence electrons. The van der Waals surface area contributed by atoms with Crippen LogP contribution in [-0.2, 0) is 13.0 Å².